The van der Waals surface area contributed by atoms with Gasteiger partial charge < -0.3 is 0 Å². The minimum absolute atomic E-state index is 0.126. The largest absolute Gasteiger partial charge is 0.295 e. The zero-order valence-electron chi connectivity index (χ0n) is 8.13. The average Bonchev–Trinajstić information content (AvgIpc) is 2.08. The Morgan fingerprint density at radius 3 is 2.77 bits per heavy atom. The minimum Gasteiger partial charge on any atom is -0.295 e. The highest BCUT2D eigenvalue weighted by Crippen LogP contribution is 2.13. The molecule has 0 N–H and O–H groups in total. The van der Waals surface area contributed by atoms with Crippen molar-refractivity contribution in [3.8, 4) is 0 Å². The Balaban J connectivity index is 3.17. The second-order valence-corrected chi connectivity index (χ2v) is 3.21. The van der Waals surface area contributed by atoms with Crippen LogP contribution in [0.15, 0.2) is 30.9 Å². The van der Waals surface area contributed by atoms with E-state index in [2.05, 4.69) is 6.58 Å². The maximum Gasteiger partial charge on any atom is 0.160 e. The Bertz CT molecular complexity index is 337. The van der Waals surface area contributed by atoms with Crippen LogP contribution in [0.2, 0.25) is 0 Å². The van der Waals surface area contributed by atoms with E-state index in [1.165, 1.54) is 0 Å². The summed E-state index contributed by atoms with van der Waals surface area (Å²) in [6.45, 7) is 7.26. The Labute approximate surface area is 79.1 Å². The van der Waals surface area contributed by atoms with E-state index in [1.807, 2.05) is 31.2 Å². The van der Waals surface area contributed by atoms with Gasteiger partial charge in [-0.05, 0) is 31.9 Å². The third-order valence-electron chi connectivity index (χ3n) is 2.01. The standard InChI is InChI=1S/C12H14O/c1-4-5-11-7-6-9(2)8-12(11)10(3)13/h4,6-8H,1,5H2,2-3H3. The molecule has 13 heavy (non-hydrogen) atoms. The molecule has 0 aliphatic carbocycles. The fourth-order valence-corrected chi connectivity index (χ4v) is 1.35. The van der Waals surface area contributed by atoms with E-state index >= 15 is 0 Å². The topological polar surface area (TPSA) is 17.1 Å². The Hall–Kier alpha value is -1.37. The van der Waals surface area contributed by atoms with Crippen molar-refractivity contribution in [3.05, 3.63) is 47.5 Å². The lowest BCUT2D eigenvalue weighted by atomic mass is 9.99. The Kier molecular flexibility index (Phi) is 3.02. The predicted molar refractivity (Wildman–Crippen MR) is 55.1 cm³/mol. The van der Waals surface area contributed by atoms with Gasteiger partial charge in [0.15, 0.2) is 5.78 Å². The smallest absolute Gasteiger partial charge is 0.160 e. The van der Waals surface area contributed by atoms with Crippen LogP contribution < -0.4 is 0 Å². The van der Waals surface area contributed by atoms with Crippen molar-refractivity contribution >= 4 is 5.78 Å². The van der Waals surface area contributed by atoms with Crippen molar-refractivity contribution in [2.45, 2.75) is 20.3 Å². The first-order valence-corrected chi connectivity index (χ1v) is 4.36. The lowest BCUT2D eigenvalue weighted by molar-refractivity contribution is 0.101. The molecule has 0 spiro atoms. The van der Waals surface area contributed by atoms with Crippen LogP contribution in [0.25, 0.3) is 0 Å². The van der Waals surface area contributed by atoms with Gasteiger partial charge in [-0.3, -0.25) is 4.79 Å². The van der Waals surface area contributed by atoms with Crippen LogP contribution in [-0.4, -0.2) is 5.78 Å². The quantitative estimate of drug-likeness (QED) is 0.508. The van der Waals surface area contributed by atoms with Crippen LogP contribution in [0.1, 0.15) is 28.4 Å². The lowest BCUT2D eigenvalue weighted by Gasteiger charge is -2.05. The van der Waals surface area contributed by atoms with Gasteiger partial charge in [-0.1, -0.05) is 23.8 Å². The highest BCUT2D eigenvalue weighted by molar-refractivity contribution is 5.95. The lowest BCUT2D eigenvalue weighted by Crippen LogP contribution is -1.99. The van der Waals surface area contributed by atoms with Crippen molar-refractivity contribution < 1.29 is 4.79 Å². The third-order valence-corrected chi connectivity index (χ3v) is 2.01. The fourth-order valence-electron chi connectivity index (χ4n) is 1.35. The molecule has 0 saturated heterocycles. The van der Waals surface area contributed by atoms with E-state index in [1.54, 1.807) is 6.92 Å². The number of ketones is 1. The number of benzene rings is 1. The first kappa shape index (κ1) is 9.72. The summed E-state index contributed by atoms with van der Waals surface area (Å²) in [7, 11) is 0. The molecular weight excluding hydrogens is 160 g/mol. The van der Waals surface area contributed by atoms with Crippen molar-refractivity contribution in [3.63, 3.8) is 0 Å². The molecule has 1 heteroatoms. The second-order valence-electron chi connectivity index (χ2n) is 3.21. The van der Waals surface area contributed by atoms with Gasteiger partial charge in [-0.25, -0.2) is 0 Å². The van der Waals surface area contributed by atoms with Gasteiger partial charge in [0, 0.05) is 5.56 Å². The molecule has 0 fully saturated rings. The molecule has 68 valence electrons. The molecule has 1 nitrogen and oxygen atoms in total. The van der Waals surface area contributed by atoms with Crippen molar-refractivity contribution in [1.29, 1.82) is 0 Å². The number of carbonyl (C=O) groups excluding carboxylic acids is 1. The van der Waals surface area contributed by atoms with E-state index in [0.29, 0.717) is 0 Å². The van der Waals surface area contributed by atoms with Crippen LogP contribution in [0, 0.1) is 6.92 Å². The molecule has 1 aromatic carbocycles. The monoisotopic (exact) mass is 174 g/mol. The molecule has 0 atom stereocenters. The molecular formula is C12H14O. The van der Waals surface area contributed by atoms with Gasteiger partial charge in [0.2, 0.25) is 0 Å². The maximum absolute atomic E-state index is 11.3. The number of rotatable bonds is 3. The second kappa shape index (κ2) is 4.04. The van der Waals surface area contributed by atoms with Gasteiger partial charge in [0.25, 0.3) is 0 Å². The summed E-state index contributed by atoms with van der Waals surface area (Å²) >= 11 is 0. The van der Waals surface area contributed by atoms with Crippen LogP contribution in [-0.2, 0) is 6.42 Å². The van der Waals surface area contributed by atoms with Gasteiger partial charge in [0.1, 0.15) is 0 Å². The van der Waals surface area contributed by atoms with Gasteiger partial charge >= 0.3 is 0 Å². The maximum atomic E-state index is 11.3. The number of carbonyl (C=O) groups is 1. The average molecular weight is 174 g/mol. The minimum atomic E-state index is 0.126. The fraction of sp³-hybridized carbons (Fsp3) is 0.250. The summed E-state index contributed by atoms with van der Waals surface area (Å²) in [6, 6.07) is 5.94. The molecule has 0 heterocycles. The highest BCUT2D eigenvalue weighted by Gasteiger charge is 2.05. The van der Waals surface area contributed by atoms with E-state index in [9.17, 15) is 4.79 Å². The molecule has 0 amide bonds. The number of aryl methyl sites for hydroxylation is 1. The van der Waals surface area contributed by atoms with Crippen LogP contribution in [0.4, 0.5) is 0 Å². The Morgan fingerprint density at radius 1 is 1.54 bits per heavy atom. The van der Waals surface area contributed by atoms with Crippen molar-refractivity contribution in [1.82, 2.24) is 0 Å². The molecule has 0 aliphatic rings. The van der Waals surface area contributed by atoms with Crippen molar-refractivity contribution in [2.24, 2.45) is 0 Å². The van der Waals surface area contributed by atoms with E-state index < -0.39 is 0 Å². The van der Waals surface area contributed by atoms with Gasteiger partial charge in [0.05, 0.1) is 0 Å². The normalized spacial score (nSPS) is 9.69. The first-order chi connectivity index (χ1) is 6.15. The molecule has 0 aliphatic heterocycles. The number of hydrogen-bond acceptors (Lipinski definition) is 1. The SMILES string of the molecule is C=CCc1ccc(C)cc1C(C)=O. The summed E-state index contributed by atoms with van der Waals surface area (Å²) in [5.41, 5.74) is 3.01. The number of Topliss-reactive ketones (excluding diaryl/α,β-unsaturated/α-hetero) is 1. The summed E-state index contributed by atoms with van der Waals surface area (Å²) in [6.07, 6.45) is 2.58. The molecule has 0 saturated carbocycles. The molecule has 0 radical (unpaired) electrons. The third kappa shape index (κ3) is 2.28. The van der Waals surface area contributed by atoms with E-state index in [-0.39, 0.29) is 5.78 Å². The predicted octanol–water partition coefficient (Wildman–Crippen LogP) is 2.93. The summed E-state index contributed by atoms with van der Waals surface area (Å²) < 4.78 is 0. The summed E-state index contributed by atoms with van der Waals surface area (Å²) in [5.74, 6) is 0.126. The number of hydrogen-bond donors (Lipinski definition) is 0. The summed E-state index contributed by atoms with van der Waals surface area (Å²) in [4.78, 5) is 11.3. The zero-order chi connectivity index (χ0) is 9.84. The van der Waals surface area contributed by atoms with Crippen LogP contribution in [0.5, 0.6) is 0 Å². The van der Waals surface area contributed by atoms with E-state index in [4.69, 9.17) is 0 Å². The van der Waals surface area contributed by atoms with Gasteiger partial charge in [-0.15, -0.1) is 6.58 Å². The van der Waals surface area contributed by atoms with Crippen LogP contribution >= 0.6 is 0 Å². The van der Waals surface area contributed by atoms with Crippen LogP contribution in [0.3, 0.4) is 0 Å². The zero-order valence-corrected chi connectivity index (χ0v) is 8.13. The summed E-state index contributed by atoms with van der Waals surface area (Å²) in [5, 5.41) is 0. The molecule has 0 aromatic heterocycles. The Morgan fingerprint density at radius 2 is 2.23 bits per heavy atom. The molecule has 1 aromatic rings. The number of allylic oxidation sites excluding steroid dienone is 1. The van der Waals surface area contributed by atoms with E-state index in [0.717, 1.165) is 23.1 Å². The first-order valence-electron chi connectivity index (χ1n) is 4.36. The molecule has 0 bridgehead atoms. The highest BCUT2D eigenvalue weighted by atomic mass is 16.1. The molecule has 0 unspecified atom stereocenters. The molecule has 1 rings (SSSR count). The van der Waals surface area contributed by atoms with Gasteiger partial charge in [-0.2, -0.15) is 0 Å². The van der Waals surface area contributed by atoms with Crippen molar-refractivity contribution in [2.75, 3.05) is 0 Å².